The second kappa shape index (κ2) is 7.86. The number of imide groups is 1. The van der Waals surface area contributed by atoms with Crippen LogP contribution in [0.2, 0.25) is 0 Å². The predicted octanol–water partition coefficient (Wildman–Crippen LogP) is 1.19. The molecule has 0 aliphatic carbocycles. The maximum absolute atomic E-state index is 11.2. The van der Waals surface area contributed by atoms with E-state index in [0.717, 1.165) is 11.1 Å². The average molecular weight is 263 g/mol. The first kappa shape index (κ1) is 14.7. The van der Waals surface area contributed by atoms with Gasteiger partial charge in [-0.1, -0.05) is 35.0 Å². The van der Waals surface area contributed by atoms with Gasteiger partial charge in [-0.05, 0) is 19.4 Å². The van der Waals surface area contributed by atoms with Crippen LogP contribution in [0.1, 0.15) is 18.1 Å². The molecule has 1 rings (SSSR count). The Kier molecular flexibility index (Phi) is 6.08. The number of hydrogen-bond donors (Lipinski definition) is 2. The Morgan fingerprint density at radius 2 is 2.00 bits per heavy atom. The van der Waals surface area contributed by atoms with Crippen LogP contribution in [0.3, 0.4) is 0 Å². The maximum Gasteiger partial charge on any atom is 0.321 e. The molecule has 0 unspecified atom stereocenters. The monoisotopic (exact) mass is 263 g/mol. The molecule has 6 heteroatoms. The summed E-state index contributed by atoms with van der Waals surface area (Å²) in [6.07, 6.45) is 1.50. The summed E-state index contributed by atoms with van der Waals surface area (Å²) >= 11 is 0. The zero-order chi connectivity index (χ0) is 14.1. The normalized spacial score (nSPS) is 10.2. The van der Waals surface area contributed by atoms with Crippen molar-refractivity contribution in [2.24, 2.45) is 5.16 Å². The van der Waals surface area contributed by atoms with Gasteiger partial charge in [0, 0.05) is 6.54 Å². The Morgan fingerprint density at radius 1 is 1.32 bits per heavy atom. The number of nitrogens with one attached hydrogen (secondary N) is 2. The molecular weight excluding hydrogens is 246 g/mol. The molecule has 0 atom stereocenters. The van der Waals surface area contributed by atoms with Gasteiger partial charge in [-0.15, -0.1) is 0 Å². The van der Waals surface area contributed by atoms with E-state index in [2.05, 4.69) is 15.8 Å². The molecule has 19 heavy (non-hydrogen) atoms. The lowest BCUT2D eigenvalue weighted by atomic mass is 10.2. The predicted molar refractivity (Wildman–Crippen MR) is 71.9 cm³/mol. The lowest BCUT2D eigenvalue weighted by Gasteiger charge is -2.03. The molecule has 6 nitrogen and oxygen atoms in total. The van der Waals surface area contributed by atoms with E-state index >= 15 is 0 Å². The van der Waals surface area contributed by atoms with Crippen LogP contribution in [-0.4, -0.2) is 31.3 Å². The van der Waals surface area contributed by atoms with Crippen LogP contribution in [0.15, 0.2) is 29.4 Å². The largest absolute Gasteiger partial charge is 0.386 e. The number of aryl methyl sites for hydroxylation is 1. The second-order valence-electron chi connectivity index (χ2n) is 3.83. The van der Waals surface area contributed by atoms with Gasteiger partial charge in [-0.3, -0.25) is 10.1 Å². The minimum absolute atomic E-state index is 0.306. The van der Waals surface area contributed by atoms with Crippen molar-refractivity contribution in [3.8, 4) is 0 Å². The van der Waals surface area contributed by atoms with E-state index in [1.54, 1.807) is 6.92 Å². The van der Waals surface area contributed by atoms with Gasteiger partial charge in [0.05, 0.1) is 6.21 Å². The Bertz CT molecular complexity index is 455. The van der Waals surface area contributed by atoms with Gasteiger partial charge in [0.1, 0.15) is 0 Å². The first-order chi connectivity index (χ1) is 9.11. The molecule has 3 amide bonds. The Balaban J connectivity index is 2.28. The van der Waals surface area contributed by atoms with Gasteiger partial charge in [0.25, 0.3) is 5.91 Å². The minimum atomic E-state index is -0.549. The molecule has 0 saturated carbocycles. The number of rotatable bonds is 5. The Hall–Kier alpha value is -2.37. The molecule has 0 aliphatic heterocycles. The van der Waals surface area contributed by atoms with E-state index in [9.17, 15) is 9.59 Å². The van der Waals surface area contributed by atoms with E-state index in [4.69, 9.17) is 4.84 Å². The minimum Gasteiger partial charge on any atom is -0.386 e. The van der Waals surface area contributed by atoms with Crippen molar-refractivity contribution >= 4 is 18.2 Å². The molecule has 1 aromatic rings. The molecule has 0 aromatic heterocycles. The van der Waals surface area contributed by atoms with Gasteiger partial charge in [0.15, 0.2) is 6.61 Å². The fourth-order valence-corrected chi connectivity index (χ4v) is 1.21. The van der Waals surface area contributed by atoms with E-state index in [-0.39, 0.29) is 6.61 Å². The lowest BCUT2D eigenvalue weighted by Crippen LogP contribution is -2.40. The Labute approximate surface area is 111 Å². The number of nitrogens with zero attached hydrogens (tertiary/aromatic N) is 1. The van der Waals surface area contributed by atoms with Crippen LogP contribution >= 0.6 is 0 Å². The smallest absolute Gasteiger partial charge is 0.321 e. The third-order valence-corrected chi connectivity index (χ3v) is 2.14. The van der Waals surface area contributed by atoms with E-state index in [1.807, 2.05) is 31.2 Å². The molecule has 0 saturated heterocycles. The van der Waals surface area contributed by atoms with Crippen molar-refractivity contribution in [2.75, 3.05) is 13.2 Å². The van der Waals surface area contributed by atoms with Crippen LogP contribution in [0.5, 0.6) is 0 Å². The van der Waals surface area contributed by atoms with Crippen LogP contribution in [0.25, 0.3) is 0 Å². The van der Waals surface area contributed by atoms with Gasteiger partial charge < -0.3 is 10.2 Å². The van der Waals surface area contributed by atoms with Crippen LogP contribution in [-0.2, 0) is 9.63 Å². The highest BCUT2D eigenvalue weighted by atomic mass is 16.6. The molecule has 0 aliphatic rings. The molecule has 2 N–H and O–H groups in total. The third kappa shape index (κ3) is 6.21. The highest BCUT2D eigenvalue weighted by molar-refractivity contribution is 5.94. The SMILES string of the molecule is CCNC(=O)NC(=O)CO/N=C\c1ccc(C)cc1. The number of carbonyl (C=O) groups excluding carboxylic acids is 2. The van der Waals surface area contributed by atoms with E-state index < -0.39 is 11.9 Å². The summed E-state index contributed by atoms with van der Waals surface area (Å²) < 4.78 is 0. The average Bonchev–Trinajstić information content (AvgIpc) is 2.37. The van der Waals surface area contributed by atoms with Gasteiger partial charge in [0.2, 0.25) is 0 Å². The van der Waals surface area contributed by atoms with Crippen molar-refractivity contribution in [3.63, 3.8) is 0 Å². The summed E-state index contributed by atoms with van der Waals surface area (Å²) in [5.74, 6) is -0.549. The van der Waals surface area contributed by atoms with Crippen molar-refractivity contribution in [1.82, 2.24) is 10.6 Å². The quantitative estimate of drug-likeness (QED) is 0.618. The number of oxime groups is 1. The number of hydrogen-bond acceptors (Lipinski definition) is 4. The molecule has 1 aromatic carbocycles. The van der Waals surface area contributed by atoms with Crippen molar-refractivity contribution in [2.45, 2.75) is 13.8 Å². The second-order valence-corrected chi connectivity index (χ2v) is 3.83. The molecule has 0 fully saturated rings. The zero-order valence-corrected chi connectivity index (χ0v) is 11.0. The van der Waals surface area contributed by atoms with Crippen molar-refractivity contribution in [3.05, 3.63) is 35.4 Å². The van der Waals surface area contributed by atoms with Crippen LogP contribution in [0.4, 0.5) is 4.79 Å². The van der Waals surface area contributed by atoms with E-state index in [0.29, 0.717) is 6.54 Å². The van der Waals surface area contributed by atoms with Gasteiger partial charge in [-0.25, -0.2) is 4.79 Å². The molecule has 0 spiro atoms. The first-order valence-electron chi connectivity index (χ1n) is 5.91. The standard InChI is InChI=1S/C13H17N3O3/c1-3-14-13(18)16-12(17)9-19-15-8-11-6-4-10(2)5-7-11/h4-8H,3,9H2,1-2H3,(H2,14,16,17,18)/b15-8-. The summed E-state index contributed by atoms with van der Waals surface area (Å²) in [7, 11) is 0. The number of urea groups is 1. The van der Waals surface area contributed by atoms with Crippen molar-refractivity contribution < 1.29 is 14.4 Å². The fraction of sp³-hybridized carbons (Fsp3) is 0.308. The first-order valence-corrected chi connectivity index (χ1v) is 5.91. The number of carbonyl (C=O) groups is 2. The number of benzene rings is 1. The fourth-order valence-electron chi connectivity index (χ4n) is 1.21. The van der Waals surface area contributed by atoms with Crippen LogP contribution < -0.4 is 10.6 Å². The summed E-state index contributed by atoms with van der Waals surface area (Å²) in [4.78, 5) is 27.0. The van der Waals surface area contributed by atoms with Gasteiger partial charge >= 0.3 is 6.03 Å². The maximum atomic E-state index is 11.2. The van der Waals surface area contributed by atoms with Crippen LogP contribution in [0, 0.1) is 6.92 Å². The Morgan fingerprint density at radius 3 is 2.63 bits per heavy atom. The molecule has 0 bridgehead atoms. The molecule has 102 valence electrons. The van der Waals surface area contributed by atoms with E-state index in [1.165, 1.54) is 6.21 Å². The van der Waals surface area contributed by atoms with Gasteiger partial charge in [-0.2, -0.15) is 0 Å². The highest BCUT2D eigenvalue weighted by Gasteiger charge is 2.05. The summed E-state index contributed by atoms with van der Waals surface area (Å²) in [6, 6.07) is 7.12. The third-order valence-electron chi connectivity index (χ3n) is 2.14. The molecule has 0 radical (unpaired) electrons. The summed E-state index contributed by atoms with van der Waals surface area (Å²) in [5.41, 5.74) is 2.02. The topological polar surface area (TPSA) is 79.8 Å². The summed E-state index contributed by atoms with van der Waals surface area (Å²) in [6.45, 7) is 3.89. The molecular formula is C13H17N3O3. The molecule has 0 heterocycles. The summed E-state index contributed by atoms with van der Waals surface area (Å²) in [5, 5.41) is 8.18. The van der Waals surface area contributed by atoms with Crippen molar-refractivity contribution in [1.29, 1.82) is 0 Å². The zero-order valence-electron chi connectivity index (χ0n) is 11.0. The highest BCUT2D eigenvalue weighted by Crippen LogP contribution is 2.00. The lowest BCUT2D eigenvalue weighted by molar-refractivity contribution is -0.124. The number of amides is 3.